The Bertz CT molecular complexity index is 436. The predicted octanol–water partition coefficient (Wildman–Crippen LogP) is 1.93. The molecule has 1 unspecified atom stereocenters. The Morgan fingerprint density at radius 3 is 2.84 bits per heavy atom. The van der Waals surface area contributed by atoms with Crippen molar-refractivity contribution in [3.63, 3.8) is 0 Å². The van der Waals surface area contributed by atoms with Crippen LogP contribution in [-0.2, 0) is 11.2 Å². The van der Waals surface area contributed by atoms with Crippen LogP contribution in [-0.4, -0.2) is 35.8 Å². The highest BCUT2D eigenvalue weighted by molar-refractivity contribution is 5.57. The predicted molar refractivity (Wildman–Crippen MR) is 77.4 cm³/mol. The highest BCUT2D eigenvalue weighted by Gasteiger charge is 2.25. The van der Waals surface area contributed by atoms with Crippen molar-refractivity contribution in [1.82, 2.24) is 9.97 Å². The van der Waals surface area contributed by atoms with Gasteiger partial charge in [0.15, 0.2) is 0 Å². The summed E-state index contributed by atoms with van der Waals surface area (Å²) in [5, 5.41) is 0. The maximum atomic E-state index is 6.04. The lowest BCUT2D eigenvalue weighted by Crippen LogP contribution is -2.46. The number of nitrogens with zero attached hydrogens (tertiary/aromatic N) is 3. The summed E-state index contributed by atoms with van der Waals surface area (Å²) in [6, 6.07) is 0.385. The van der Waals surface area contributed by atoms with Crippen molar-refractivity contribution in [3.05, 3.63) is 11.4 Å². The van der Waals surface area contributed by atoms with E-state index in [0.29, 0.717) is 11.9 Å². The number of hydrogen-bond acceptors (Lipinski definition) is 5. The molecule has 2 rings (SSSR count). The van der Waals surface area contributed by atoms with Crippen LogP contribution < -0.4 is 10.6 Å². The van der Waals surface area contributed by atoms with Crippen LogP contribution >= 0.6 is 0 Å². The molecule has 1 aromatic rings. The van der Waals surface area contributed by atoms with Crippen LogP contribution in [0.4, 0.5) is 11.6 Å². The monoisotopic (exact) mass is 264 g/mol. The molecule has 1 atom stereocenters. The Morgan fingerprint density at radius 2 is 2.16 bits per heavy atom. The fourth-order valence-corrected chi connectivity index (χ4v) is 2.46. The molecule has 1 saturated heterocycles. The third-order valence-corrected chi connectivity index (χ3v) is 3.65. The van der Waals surface area contributed by atoms with Gasteiger partial charge in [-0.25, -0.2) is 9.97 Å². The minimum atomic E-state index is 0.385. The molecule has 2 heterocycles. The first-order valence-electron chi connectivity index (χ1n) is 7.14. The summed E-state index contributed by atoms with van der Waals surface area (Å²) in [7, 11) is 0. The van der Waals surface area contributed by atoms with Crippen molar-refractivity contribution in [3.8, 4) is 0 Å². The van der Waals surface area contributed by atoms with Gasteiger partial charge in [-0.05, 0) is 19.8 Å². The maximum Gasteiger partial charge on any atom is 0.137 e. The largest absolute Gasteiger partial charge is 0.383 e. The number of morpholine rings is 1. The summed E-state index contributed by atoms with van der Waals surface area (Å²) < 4.78 is 5.56. The Hall–Kier alpha value is -1.36. The van der Waals surface area contributed by atoms with Gasteiger partial charge in [-0.3, -0.25) is 0 Å². The zero-order chi connectivity index (χ0) is 13.8. The fraction of sp³-hybridized carbons (Fsp3) is 0.714. The smallest absolute Gasteiger partial charge is 0.137 e. The van der Waals surface area contributed by atoms with Gasteiger partial charge < -0.3 is 15.4 Å². The molecule has 5 heteroatoms. The number of aromatic nitrogens is 2. The minimum absolute atomic E-state index is 0.385. The zero-order valence-electron chi connectivity index (χ0n) is 12.1. The van der Waals surface area contributed by atoms with E-state index in [0.717, 1.165) is 56.2 Å². The topological polar surface area (TPSA) is 64.3 Å². The lowest BCUT2D eigenvalue weighted by atomic mass is 10.1. The molecule has 0 aromatic carbocycles. The molecule has 1 aliphatic rings. The standard InChI is InChI=1S/C14H24N4O/c1-4-6-12-16-13(15)10(3)14(17-12)18-7-8-19-9-11(18)5-2/h11H,4-9H2,1-3H3,(H2,15,16,17). The summed E-state index contributed by atoms with van der Waals surface area (Å²) in [5.41, 5.74) is 7.02. The number of hydrogen-bond donors (Lipinski definition) is 1. The van der Waals surface area contributed by atoms with Gasteiger partial charge in [-0.2, -0.15) is 0 Å². The SMILES string of the molecule is CCCc1nc(N)c(C)c(N2CCOCC2CC)n1. The lowest BCUT2D eigenvalue weighted by molar-refractivity contribution is 0.0925. The Balaban J connectivity index is 2.35. The van der Waals surface area contributed by atoms with Crippen molar-refractivity contribution >= 4 is 11.6 Å². The zero-order valence-corrected chi connectivity index (χ0v) is 12.1. The normalized spacial score (nSPS) is 19.7. The molecule has 19 heavy (non-hydrogen) atoms. The lowest BCUT2D eigenvalue weighted by Gasteiger charge is -2.37. The number of ether oxygens (including phenoxy) is 1. The van der Waals surface area contributed by atoms with Crippen LogP contribution in [0.3, 0.4) is 0 Å². The number of nitrogen functional groups attached to an aromatic ring is 1. The number of rotatable bonds is 4. The van der Waals surface area contributed by atoms with Crippen molar-refractivity contribution in [2.45, 2.75) is 46.1 Å². The van der Waals surface area contributed by atoms with E-state index in [1.807, 2.05) is 6.92 Å². The van der Waals surface area contributed by atoms with E-state index in [1.54, 1.807) is 0 Å². The highest BCUT2D eigenvalue weighted by Crippen LogP contribution is 2.26. The summed E-state index contributed by atoms with van der Waals surface area (Å²) in [6.45, 7) is 8.71. The molecular weight excluding hydrogens is 240 g/mol. The third kappa shape index (κ3) is 2.97. The van der Waals surface area contributed by atoms with E-state index in [2.05, 4.69) is 23.7 Å². The van der Waals surface area contributed by atoms with E-state index in [1.165, 1.54) is 0 Å². The molecule has 0 amide bonds. The van der Waals surface area contributed by atoms with Crippen molar-refractivity contribution in [1.29, 1.82) is 0 Å². The van der Waals surface area contributed by atoms with Crippen LogP contribution in [0.2, 0.25) is 0 Å². The molecule has 5 nitrogen and oxygen atoms in total. The van der Waals surface area contributed by atoms with Crippen molar-refractivity contribution in [2.24, 2.45) is 0 Å². The molecule has 106 valence electrons. The van der Waals surface area contributed by atoms with Gasteiger partial charge in [0.2, 0.25) is 0 Å². The average molecular weight is 264 g/mol. The van der Waals surface area contributed by atoms with Gasteiger partial charge in [0.1, 0.15) is 17.5 Å². The van der Waals surface area contributed by atoms with Gasteiger partial charge in [-0.1, -0.05) is 13.8 Å². The first-order valence-corrected chi connectivity index (χ1v) is 7.14. The van der Waals surface area contributed by atoms with E-state index in [-0.39, 0.29) is 0 Å². The first-order chi connectivity index (χ1) is 9.17. The Labute approximate surface area is 115 Å². The van der Waals surface area contributed by atoms with Crippen LogP contribution in [0.15, 0.2) is 0 Å². The fourth-order valence-electron chi connectivity index (χ4n) is 2.46. The minimum Gasteiger partial charge on any atom is -0.383 e. The van der Waals surface area contributed by atoms with Gasteiger partial charge in [0.25, 0.3) is 0 Å². The summed E-state index contributed by atoms with van der Waals surface area (Å²) in [5.74, 6) is 2.45. The molecule has 0 spiro atoms. The molecule has 0 saturated carbocycles. The van der Waals surface area contributed by atoms with E-state index in [9.17, 15) is 0 Å². The van der Waals surface area contributed by atoms with Crippen molar-refractivity contribution < 1.29 is 4.74 Å². The molecular formula is C14H24N4O. The molecule has 1 aliphatic heterocycles. The second kappa shape index (κ2) is 6.19. The van der Waals surface area contributed by atoms with Crippen LogP contribution in [0.5, 0.6) is 0 Å². The van der Waals surface area contributed by atoms with Gasteiger partial charge in [-0.15, -0.1) is 0 Å². The Morgan fingerprint density at radius 1 is 1.37 bits per heavy atom. The summed E-state index contributed by atoms with van der Waals surface area (Å²) in [4.78, 5) is 11.4. The number of nitrogens with two attached hydrogens (primary N) is 1. The summed E-state index contributed by atoms with van der Waals surface area (Å²) in [6.07, 6.45) is 2.95. The van der Waals surface area contributed by atoms with Crippen LogP contribution in [0, 0.1) is 6.92 Å². The van der Waals surface area contributed by atoms with Crippen LogP contribution in [0.1, 0.15) is 38.1 Å². The second-order valence-electron chi connectivity index (χ2n) is 5.05. The number of aryl methyl sites for hydroxylation is 1. The molecule has 0 aliphatic carbocycles. The van der Waals surface area contributed by atoms with Crippen LogP contribution in [0.25, 0.3) is 0 Å². The van der Waals surface area contributed by atoms with E-state index < -0.39 is 0 Å². The van der Waals surface area contributed by atoms with E-state index >= 15 is 0 Å². The second-order valence-corrected chi connectivity index (χ2v) is 5.05. The molecule has 0 radical (unpaired) electrons. The molecule has 1 aromatic heterocycles. The van der Waals surface area contributed by atoms with Gasteiger partial charge in [0, 0.05) is 18.5 Å². The van der Waals surface area contributed by atoms with Crippen molar-refractivity contribution in [2.75, 3.05) is 30.4 Å². The van der Waals surface area contributed by atoms with Gasteiger partial charge >= 0.3 is 0 Å². The first kappa shape index (κ1) is 14.1. The van der Waals surface area contributed by atoms with E-state index in [4.69, 9.17) is 15.5 Å². The highest BCUT2D eigenvalue weighted by atomic mass is 16.5. The third-order valence-electron chi connectivity index (χ3n) is 3.65. The number of anilines is 2. The maximum absolute atomic E-state index is 6.04. The van der Waals surface area contributed by atoms with Gasteiger partial charge in [0.05, 0.1) is 19.3 Å². The Kier molecular flexibility index (Phi) is 4.58. The molecule has 2 N–H and O–H groups in total. The summed E-state index contributed by atoms with van der Waals surface area (Å²) >= 11 is 0. The molecule has 1 fully saturated rings. The average Bonchev–Trinajstić information content (AvgIpc) is 2.43. The molecule has 0 bridgehead atoms. The quantitative estimate of drug-likeness (QED) is 0.900.